The average Bonchev–Trinajstić information content (AvgIpc) is 3.11. The van der Waals surface area contributed by atoms with Crippen molar-refractivity contribution in [3.05, 3.63) is 63.0 Å². The van der Waals surface area contributed by atoms with Gasteiger partial charge in [0.2, 0.25) is 5.91 Å². The van der Waals surface area contributed by atoms with E-state index in [2.05, 4.69) is 10.3 Å². The first-order valence-corrected chi connectivity index (χ1v) is 9.26. The van der Waals surface area contributed by atoms with Crippen LogP contribution in [0, 0.1) is 13.8 Å². The molecule has 2 heterocycles. The molecule has 8 heteroatoms. The highest BCUT2D eigenvalue weighted by atomic mass is 32.1. The van der Waals surface area contributed by atoms with Gasteiger partial charge in [-0.15, -0.1) is 11.3 Å². The van der Waals surface area contributed by atoms with Gasteiger partial charge in [-0.25, -0.2) is 9.78 Å². The molecule has 0 spiro atoms. The van der Waals surface area contributed by atoms with E-state index >= 15 is 0 Å². The fourth-order valence-corrected chi connectivity index (χ4v) is 3.46. The summed E-state index contributed by atoms with van der Waals surface area (Å²) in [5.74, 6) is -1.58. The second kappa shape index (κ2) is 7.71. The molecule has 0 aliphatic heterocycles. The normalized spacial score (nSPS) is 12.1. The number of nitrogens with one attached hydrogen (secondary N) is 1. The summed E-state index contributed by atoms with van der Waals surface area (Å²) in [5.41, 5.74) is 2.30. The Balaban J connectivity index is 1.70. The highest BCUT2D eigenvalue weighted by Gasteiger charge is 2.22. The van der Waals surface area contributed by atoms with Gasteiger partial charge in [-0.05, 0) is 42.0 Å². The van der Waals surface area contributed by atoms with Gasteiger partial charge in [0.15, 0.2) is 6.04 Å². The molecular formula is C19H19N3O4S. The maximum absolute atomic E-state index is 12.3. The number of carbonyl (C=O) groups excluding carboxylic acids is 1. The van der Waals surface area contributed by atoms with Crippen LogP contribution in [0.4, 0.5) is 0 Å². The number of aliphatic carboxylic acids is 1. The Bertz CT molecular complexity index is 1070. The first kappa shape index (κ1) is 18.8. The molecule has 27 heavy (non-hydrogen) atoms. The van der Waals surface area contributed by atoms with Crippen LogP contribution in [0.1, 0.15) is 29.2 Å². The number of thiophene rings is 1. The van der Waals surface area contributed by atoms with Crippen molar-refractivity contribution in [2.75, 3.05) is 0 Å². The van der Waals surface area contributed by atoms with Crippen molar-refractivity contribution in [2.24, 2.45) is 0 Å². The van der Waals surface area contributed by atoms with Crippen molar-refractivity contribution in [3.63, 3.8) is 0 Å². The Morgan fingerprint density at radius 1 is 1.26 bits per heavy atom. The van der Waals surface area contributed by atoms with Crippen LogP contribution in [0.3, 0.4) is 0 Å². The highest BCUT2D eigenvalue weighted by molar-refractivity contribution is 7.16. The van der Waals surface area contributed by atoms with Crippen molar-refractivity contribution in [1.82, 2.24) is 14.9 Å². The maximum Gasteiger partial charge on any atom is 0.330 e. The van der Waals surface area contributed by atoms with E-state index in [-0.39, 0.29) is 18.5 Å². The predicted octanol–water partition coefficient (Wildman–Crippen LogP) is 2.41. The molecule has 0 radical (unpaired) electrons. The summed E-state index contributed by atoms with van der Waals surface area (Å²) in [5, 5.41) is 14.3. The Kier molecular flexibility index (Phi) is 5.36. The fraction of sp³-hybridized carbons (Fsp3) is 0.263. The monoisotopic (exact) mass is 385 g/mol. The van der Waals surface area contributed by atoms with Gasteiger partial charge in [0.1, 0.15) is 4.83 Å². The van der Waals surface area contributed by atoms with Crippen LogP contribution in [0.25, 0.3) is 10.2 Å². The topological polar surface area (TPSA) is 101 Å². The standard InChI is InChI=1S/C19H19N3O4S/c1-11-3-4-13(9-12(11)2)16(19(25)26)21-15(23)5-7-22-10-20-17-14(18(22)24)6-8-27-17/h3-4,6,8-10,16H,5,7H2,1-2H3,(H,21,23)(H,25,26). The van der Waals surface area contributed by atoms with Gasteiger partial charge in [0.25, 0.3) is 5.56 Å². The largest absolute Gasteiger partial charge is 0.479 e. The van der Waals surface area contributed by atoms with Crippen LogP contribution in [-0.2, 0) is 16.1 Å². The maximum atomic E-state index is 12.3. The SMILES string of the molecule is Cc1ccc(C(NC(=O)CCn2cnc3sccc3c2=O)C(=O)O)cc1C. The number of carboxylic acid groups (broad SMARTS) is 1. The molecule has 0 bridgehead atoms. The number of hydrogen-bond donors (Lipinski definition) is 2. The lowest BCUT2D eigenvalue weighted by Gasteiger charge is -2.16. The molecule has 1 amide bonds. The molecule has 7 nitrogen and oxygen atoms in total. The van der Waals surface area contributed by atoms with Gasteiger partial charge in [-0.3, -0.25) is 14.2 Å². The molecule has 0 saturated heterocycles. The minimum Gasteiger partial charge on any atom is -0.479 e. The summed E-state index contributed by atoms with van der Waals surface area (Å²) in [6.45, 7) is 3.95. The number of fused-ring (bicyclic) bond motifs is 1. The molecule has 1 unspecified atom stereocenters. The Morgan fingerprint density at radius 3 is 2.74 bits per heavy atom. The third kappa shape index (κ3) is 4.06. The molecule has 0 fully saturated rings. The van der Waals surface area contributed by atoms with E-state index in [0.29, 0.717) is 15.8 Å². The lowest BCUT2D eigenvalue weighted by molar-refractivity contribution is -0.142. The summed E-state index contributed by atoms with van der Waals surface area (Å²) < 4.78 is 1.36. The zero-order valence-corrected chi connectivity index (χ0v) is 15.7. The van der Waals surface area contributed by atoms with E-state index in [1.54, 1.807) is 23.6 Å². The lowest BCUT2D eigenvalue weighted by Crippen LogP contribution is -2.35. The van der Waals surface area contributed by atoms with E-state index in [1.165, 1.54) is 22.2 Å². The first-order valence-electron chi connectivity index (χ1n) is 8.39. The summed E-state index contributed by atoms with van der Waals surface area (Å²) >= 11 is 1.38. The van der Waals surface area contributed by atoms with E-state index in [1.807, 2.05) is 19.9 Å². The molecular weight excluding hydrogens is 366 g/mol. The van der Waals surface area contributed by atoms with Crippen LogP contribution in [0.2, 0.25) is 0 Å². The molecule has 0 aliphatic carbocycles. The number of carbonyl (C=O) groups is 2. The van der Waals surface area contributed by atoms with E-state index < -0.39 is 17.9 Å². The zero-order chi connectivity index (χ0) is 19.6. The summed E-state index contributed by atoms with van der Waals surface area (Å²) in [6.07, 6.45) is 1.39. The fourth-order valence-electron chi connectivity index (χ4n) is 2.74. The highest BCUT2D eigenvalue weighted by Crippen LogP contribution is 2.18. The van der Waals surface area contributed by atoms with Gasteiger partial charge >= 0.3 is 5.97 Å². The van der Waals surface area contributed by atoms with Gasteiger partial charge < -0.3 is 10.4 Å². The third-order valence-electron chi connectivity index (χ3n) is 4.45. The molecule has 2 N–H and O–H groups in total. The van der Waals surface area contributed by atoms with Crippen LogP contribution in [-0.4, -0.2) is 26.5 Å². The molecule has 3 rings (SSSR count). The van der Waals surface area contributed by atoms with Crippen molar-refractivity contribution in [1.29, 1.82) is 0 Å². The molecule has 0 aliphatic rings. The van der Waals surface area contributed by atoms with Crippen LogP contribution in [0.5, 0.6) is 0 Å². The summed E-state index contributed by atoms with van der Waals surface area (Å²) in [4.78, 5) is 41.0. The minimum absolute atomic E-state index is 0.0220. The average molecular weight is 385 g/mol. The number of carboxylic acids is 1. The van der Waals surface area contributed by atoms with Crippen LogP contribution < -0.4 is 10.9 Å². The van der Waals surface area contributed by atoms with Crippen molar-refractivity contribution in [2.45, 2.75) is 32.9 Å². The van der Waals surface area contributed by atoms with Gasteiger partial charge in [0.05, 0.1) is 11.7 Å². The molecule has 140 valence electrons. The Hall–Kier alpha value is -3.00. The number of hydrogen-bond acceptors (Lipinski definition) is 5. The number of aryl methyl sites for hydroxylation is 3. The second-order valence-electron chi connectivity index (χ2n) is 6.32. The molecule has 0 saturated carbocycles. The summed E-state index contributed by atoms with van der Waals surface area (Å²) in [6, 6.07) is 5.85. The quantitative estimate of drug-likeness (QED) is 0.678. The number of benzene rings is 1. The van der Waals surface area contributed by atoms with Gasteiger partial charge in [0, 0.05) is 13.0 Å². The molecule has 1 atom stereocenters. The first-order chi connectivity index (χ1) is 12.9. The number of aromatic nitrogens is 2. The number of amides is 1. The van der Waals surface area contributed by atoms with Crippen molar-refractivity contribution < 1.29 is 14.7 Å². The van der Waals surface area contributed by atoms with Gasteiger partial charge in [-0.2, -0.15) is 0 Å². The number of nitrogens with zero attached hydrogens (tertiary/aromatic N) is 2. The molecule has 2 aromatic heterocycles. The predicted molar refractivity (Wildman–Crippen MR) is 103 cm³/mol. The van der Waals surface area contributed by atoms with E-state index in [0.717, 1.165) is 11.1 Å². The van der Waals surface area contributed by atoms with Gasteiger partial charge in [-0.1, -0.05) is 18.2 Å². The molecule has 3 aromatic rings. The smallest absolute Gasteiger partial charge is 0.330 e. The van der Waals surface area contributed by atoms with E-state index in [9.17, 15) is 19.5 Å². The molecule has 1 aromatic carbocycles. The minimum atomic E-state index is -1.13. The second-order valence-corrected chi connectivity index (χ2v) is 7.21. The lowest BCUT2D eigenvalue weighted by atomic mass is 10.0. The van der Waals surface area contributed by atoms with Crippen molar-refractivity contribution in [3.8, 4) is 0 Å². The Morgan fingerprint density at radius 2 is 2.04 bits per heavy atom. The number of rotatable bonds is 6. The van der Waals surface area contributed by atoms with E-state index in [4.69, 9.17) is 0 Å². The summed E-state index contributed by atoms with van der Waals surface area (Å²) in [7, 11) is 0. The van der Waals surface area contributed by atoms with Crippen LogP contribution in [0.15, 0.2) is 40.8 Å². The third-order valence-corrected chi connectivity index (χ3v) is 5.27. The van der Waals surface area contributed by atoms with Crippen molar-refractivity contribution >= 4 is 33.4 Å². The Labute approximate surface area is 159 Å². The van der Waals surface area contributed by atoms with Crippen LogP contribution >= 0.6 is 11.3 Å². The zero-order valence-electron chi connectivity index (χ0n) is 14.9.